The molecule has 5 N–H and O–H groups in total. The van der Waals surface area contributed by atoms with Gasteiger partial charge in [-0.3, -0.25) is 10.0 Å². The van der Waals surface area contributed by atoms with Gasteiger partial charge in [0, 0.05) is 46.7 Å². The fourth-order valence-corrected chi connectivity index (χ4v) is 4.10. The number of nitrogens with one attached hydrogen (secondary N) is 3. The lowest BCUT2D eigenvalue weighted by molar-refractivity contribution is -0.910. The lowest BCUT2D eigenvalue weighted by Gasteiger charge is -2.26. The summed E-state index contributed by atoms with van der Waals surface area (Å²) >= 11 is 0. The minimum Gasteiger partial charge on any atom is -0.492 e. The summed E-state index contributed by atoms with van der Waals surface area (Å²) in [6.45, 7) is 2.24. The summed E-state index contributed by atoms with van der Waals surface area (Å²) in [5, 5.41) is 34.7. The van der Waals surface area contributed by atoms with Crippen LogP contribution in [-0.2, 0) is 4.74 Å². The second kappa shape index (κ2) is 9.56. The molecule has 2 fully saturated rings. The van der Waals surface area contributed by atoms with Crippen LogP contribution < -0.4 is 15.4 Å². The van der Waals surface area contributed by atoms with Crippen molar-refractivity contribution < 1.29 is 24.6 Å². The van der Waals surface area contributed by atoms with Crippen molar-refractivity contribution in [2.75, 3.05) is 6.61 Å². The molecule has 1 amide bonds. The number of hydrogen-bond acceptors (Lipinski definition) is 6. The highest BCUT2D eigenvalue weighted by atomic mass is 16.5. The minimum atomic E-state index is -0.450. The van der Waals surface area contributed by atoms with Crippen LogP contribution in [0.1, 0.15) is 67.5 Å². The number of pyridine rings is 1. The van der Waals surface area contributed by atoms with Crippen LogP contribution in [0, 0.1) is 5.41 Å². The van der Waals surface area contributed by atoms with E-state index in [0.717, 1.165) is 48.9 Å². The number of aliphatic hydroxyl groups excluding tert-OH is 1. The van der Waals surface area contributed by atoms with E-state index in [1.165, 1.54) is 0 Å². The standard InChI is InChI=1S/C24H30N4O4/c1-2-32-23-13-19(25)16(14-26-17-8-10-18(29)11-9-17)12-20(23)27-24(30)22-5-3-4-21(28(22)31)15-6-7-15/h3-5,12-15,17-18,25,29-31H,2,6-11H2,1H3/p+1/t17-,18-. The van der Waals surface area contributed by atoms with Crippen LogP contribution in [0.3, 0.4) is 0 Å². The first kappa shape index (κ1) is 22.1. The van der Waals surface area contributed by atoms with E-state index in [1.54, 1.807) is 30.5 Å². The van der Waals surface area contributed by atoms with E-state index in [2.05, 4.69) is 10.6 Å². The Morgan fingerprint density at radius 2 is 1.97 bits per heavy atom. The van der Waals surface area contributed by atoms with Gasteiger partial charge in [0.25, 0.3) is 0 Å². The maximum atomic E-state index is 13.0. The largest absolute Gasteiger partial charge is 0.492 e. The number of hydrogen-bond donors (Lipinski definition) is 5. The molecule has 0 bridgehead atoms. The second-order valence-corrected chi connectivity index (χ2v) is 8.56. The molecule has 8 nitrogen and oxygen atoms in total. The number of amides is 1. The van der Waals surface area contributed by atoms with Gasteiger partial charge in [-0.25, -0.2) is 0 Å². The molecule has 32 heavy (non-hydrogen) atoms. The van der Waals surface area contributed by atoms with Crippen molar-refractivity contribution in [3.63, 3.8) is 0 Å². The number of nitrogens with zero attached hydrogens (tertiary/aromatic N) is 1. The summed E-state index contributed by atoms with van der Waals surface area (Å²) in [5.74, 6) is 0.253. The highest BCUT2D eigenvalue weighted by Gasteiger charge is 2.36. The van der Waals surface area contributed by atoms with Gasteiger partial charge in [-0.2, -0.15) is 0 Å². The van der Waals surface area contributed by atoms with Gasteiger partial charge in [0.2, 0.25) is 5.69 Å². The molecule has 1 aromatic heterocycles. The van der Waals surface area contributed by atoms with Gasteiger partial charge in [0.15, 0.2) is 0 Å². The molecular weight excluding hydrogens is 408 g/mol. The van der Waals surface area contributed by atoms with E-state index in [4.69, 9.17) is 10.1 Å². The van der Waals surface area contributed by atoms with Gasteiger partial charge >= 0.3 is 11.6 Å². The monoisotopic (exact) mass is 439 g/mol. The molecule has 0 aliphatic heterocycles. The van der Waals surface area contributed by atoms with Crippen LogP contribution in [0.4, 0.5) is 0 Å². The SMILES string of the molecule is CCOC1=CC(=N)/C(=C\N[C@H]2CC[C@H](O)CC2)C=C1NC(=O)c1cccc(C2CC2)[n+]1O. The summed E-state index contributed by atoms with van der Waals surface area (Å²) in [4.78, 5) is 13.0. The van der Waals surface area contributed by atoms with E-state index in [0.29, 0.717) is 29.6 Å². The molecule has 1 heterocycles. The fraction of sp³-hybridized carbons (Fsp3) is 0.458. The molecule has 1 aromatic rings. The zero-order valence-corrected chi connectivity index (χ0v) is 18.3. The fourth-order valence-electron chi connectivity index (χ4n) is 4.10. The van der Waals surface area contributed by atoms with Crippen molar-refractivity contribution in [3.8, 4) is 0 Å². The van der Waals surface area contributed by atoms with Crippen molar-refractivity contribution in [2.45, 2.75) is 63.5 Å². The Balaban J connectivity index is 1.52. The molecule has 0 radical (unpaired) electrons. The summed E-state index contributed by atoms with van der Waals surface area (Å²) < 4.78 is 6.62. The first-order valence-electron chi connectivity index (χ1n) is 11.3. The third-order valence-corrected chi connectivity index (χ3v) is 6.09. The molecule has 3 aliphatic carbocycles. The quantitative estimate of drug-likeness (QED) is 0.330. The molecule has 0 aromatic carbocycles. The third kappa shape index (κ3) is 5.02. The molecule has 8 heteroatoms. The highest BCUT2D eigenvalue weighted by molar-refractivity contribution is 6.10. The van der Waals surface area contributed by atoms with Crippen LogP contribution >= 0.6 is 0 Å². The Hall–Kier alpha value is -3.13. The van der Waals surface area contributed by atoms with Crippen LogP contribution in [0.25, 0.3) is 0 Å². The smallest absolute Gasteiger partial charge is 0.325 e. The number of aromatic nitrogens is 1. The molecule has 0 atom stereocenters. The average molecular weight is 440 g/mol. The Morgan fingerprint density at radius 3 is 2.66 bits per heavy atom. The lowest BCUT2D eigenvalue weighted by Crippen LogP contribution is -2.45. The van der Waals surface area contributed by atoms with Gasteiger partial charge in [-0.1, -0.05) is 0 Å². The number of aliphatic hydroxyl groups is 1. The lowest BCUT2D eigenvalue weighted by atomic mass is 9.93. The number of ether oxygens (including phenoxy) is 1. The minimum absolute atomic E-state index is 0.149. The number of carbonyl (C=O) groups is 1. The van der Waals surface area contributed by atoms with E-state index in [1.807, 2.05) is 13.0 Å². The van der Waals surface area contributed by atoms with Crippen molar-refractivity contribution >= 4 is 11.6 Å². The van der Waals surface area contributed by atoms with Crippen LogP contribution in [0.15, 0.2) is 53.6 Å². The van der Waals surface area contributed by atoms with E-state index >= 15 is 0 Å². The second-order valence-electron chi connectivity index (χ2n) is 8.56. The summed E-state index contributed by atoms with van der Waals surface area (Å²) in [7, 11) is 0. The number of carbonyl (C=O) groups excluding carboxylic acids is 1. The van der Waals surface area contributed by atoms with Gasteiger partial charge in [0.1, 0.15) is 5.76 Å². The number of allylic oxidation sites excluding steroid dienone is 3. The Labute approximate surface area is 187 Å². The molecule has 3 aliphatic rings. The zero-order valence-electron chi connectivity index (χ0n) is 18.3. The van der Waals surface area contributed by atoms with Gasteiger partial charge in [-0.15, -0.1) is 0 Å². The summed E-state index contributed by atoms with van der Waals surface area (Å²) in [6, 6.07) is 5.43. The Kier molecular flexibility index (Phi) is 6.60. The van der Waals surface area contributed by atoms with E-state index in [9.17, 15) is 15.1 Å². The Morgan fingerprint density at radius 1 is 1.22 bits per heavy atom. The van der Waals surface area contributed by atoms with Gasteiger partial charge in [0.05, 0.1) is 24.1 Å². The predicted octanol–water partition coefficient (Wildman–Crippen LogP) is 2.43. The summed E-state index contributed by atoms with van der Waals surface area (Å²) in [5.41, 5.74) is 2.23. The maximum absolute atomic E-state index is 13.0. The van der Waals surface area contributed by atoms with Crippen LogP contribution in [-0.4, -0.2) is 40.7 Å². The normalized spacial score (nSPS) is 24.6. The maximum Gasteiger partial charge on any atom is 0.325 e. The van der Waals surface area contributed by atoms with Crippen molar-refractivity contribution in [1.82, 2.24) is 10.6 Å². The first-order chi connectivity index (χ1) is 15.5. The highest BCUT2D eigenvalue weighted by Crippen LogP contribution is 2.38. The molecule has 0 unspecified atom stereocenters. The van der Waals surface area contributed by atoms with Crippen LogP contribution in [0.2, 0.25) is 0 Å². The average Bonchev–Trinajstić information content (AvgIpc) is 3.61. The number of rotatable bonds is 7. The predicted molar refractivity (Wildman–Crippen MR) is 118 cm³/mol. The van der Waals surface area contributed by atoms with Gasteiger partial charge in [-0.05, 0) is 57.6 Å². The van der Waals surface area contributed by atoms with E-state index in [-0.39, 0.29) is 23.6 Å². The summed E-state index contributed by atoms with van der Waals surface area (Å²) in [6.07, 6.45) is 10.2. The Bertz CT molecular complexity index is 986. The molecule has 4 rings (SSSR count). The van der Waals surface area contributed by atoms with Crippen molar-refractivity contribution in [1.29, 1.82) is 5.41 Å². The first-order valence-corrected chi connectivity index (χ1v) is 11.3. The zero-order chi connectivity index (χ0) is 22.7. The molecule has 2 saturated carbocycles. The van der Waals surface area contributed by atoms with Crippen molar-refractivity contribution in [3.05, 3.63) is 65.0 Å². The molecule has 0 saturated heterocycles. The van der Waals surface area contributed by atoms with Gasteiger partial charge < -0.3 is 25.9 Å². The van der Waals surface area contributed by atoms with Crippen molar-refractivity contribution in [2.24, 2.45) is 0 Å². The molecular formula is C24H31N4O4+. The molecule has 170 valence electrons. The van der Waals surface area contributed by atoms with Crippen LogP contribution in [0.5, 0.6) is 0 Å². The topological polar surface area (TPSA) is 119 Å². The molecule has 0 spiro atoms. The third-order valence-electron chi connectivity index (χ3n) is 6.09. The van der Waals surface area contributed by atoms with E-state index < -0.39 is 5.91 Å².